The number of alkyl carbamates (subject to hydrolysis) is 1. The van der Waals surface area contributed by atoms with E-state index in [1.54, 1.807) is 0 Å². The third-order valence-corrected chi connectivity index (χ3v) is 2.69. The zero-order valence-electron chi connectivity index (χ0n) is 10.3. The maximum atomic E-state index is 11.7. The highest BCUT2D eigenvalue weighted by Crippen LogP contribution is 2.30. The van der Waals surface area contributed by atoms with Gasteiger partial charge in [-0.3, -0.25) is 0 Å². The molecule has 1 aliphatic carbocycles. The number of carbonyl (C=O) groups excluding carboxylic acids is 1. The third-order valence-electron chi connectivity index (χ3n) is 2.69. The number of carbonyl (C=O) groups is 1. The van der Waals surface area contributed by atoms with Gasteiger partial charge in [0.05, 0.1) is 12.1 Å². The minimum absolute atomic E-state index is 0.336. The first-order chi connectivity index (χ1) is 7.37. The van der Waals surface area contributed by atoms with E-state index in [0.717, 1.165) is 25.7 Å². The molecule has 5 nitrogen and oxygen atoms in total. The van der Waals surface area contributed by atoms with Gasteiger partial charge in [0.15, 0.2) is 0 Å². The van der Waals surface area contributed by atoms with E-state index in [1.165, 1.54) is 0 Å². The minimum atomic E-state index is -0.479. The van der Waals surface area contributed by atoms with Gasteiger partial charge in [0.1, 0.15) is 5.60 Å². The molecule has 0 atom stereocenters. The summed E-state index contributed by atoms with van der Waals surface area (Å²) in [6, 6.07) is 0. The van der Waals surface area contributed by atoms with E-state index in [2.05, 4.69) is 10.2 Å². The molecule has 0 aliphatic heterocycles. The van der Waals surface area contributed by atoms with Crippen molar-refractivity contribution in [1.82, 2.24) is 5.32 Å². The molecule has 1 fully saturated rings. The van der Waals surface area contributed by atoms with Gasteiger partial charge in [0.25, 0.3) is 0 Å². The van der Waals surface area contributed by atoms with E-state index in [0.29, 0.717) is 6.61 Å². The fraction of sp³-hybridized carbons (Fsp3) is 0.909. The molecular formula is C11H22N2O3. The maximum Gasteiger partial charge on any atom is 0.408 e. The number of nitrogens with one attached hydrogen (secondary N) is 1. The highest BCUT2D eigenvalue weighted by molar-refractivity contribution is 5.68. The second kappa shape index (κ2) is 5.01. The molecule has 0 radical (unpaired) electrons. The molecule has 5 heteroatoms. The van der Waals surface area contributed by atoms with Crippen molar-refractivity contribution < 1.29 is 14.4 Å². The maximum absolute atomic E-state index is 11.7. The lowest BCUT2D eigenvalue weighted by atomic mass is 9.99. The summed E-state index contributed by atoms with van der Waals surface area (Å²) in [6.07, 6.45) is 3.55. The fourth-order valence-electron chi connectivity index (χ4n) is 2.04. The van der Waals surface area contributed by atoms with Crippen LogP contribution in [0, 0.1) is 0 Å². The molecule has 0 heterocycles. The second-order valence-electron chi connectivity index (χ2n) is 5.43. The van der Waals surface area contributed by atoms with Crippen LogP contribution in [-0.2, 0) is 9.57 Å². The highest BCUT2D eigenvalue weighted by Gasteiger charge is 2.36. The minimum Gasteiger partial charge on any atom is -0.444 e. The molecule has 0 aromatic carbocycles. The smallest absolute Gasteiger partial charge is 0.408 e. The Balaban J connectivity index is 2.52. The molecule has 1 rings (SSSR count). The summed E-state index contributed by atoms with van der Waals surface area (Å²) in [5.74, 6) is 5.10. The summed E-state index contributed by atoms with van der Waals surface area (Å²) in [4.78, 5) is 16.4. The van der Waals surface area contributed by atoms with Gasteiger partial charge in [-0.25, -0.2) is 10.7 Å². The third kappa shape index (κ3) is 3.98. The van der Waals surface area contributed by atoms with Crippen molar-refractivity contribution in [3.8, 4) is 0 Å². The van der Waals surface area contributed by atoms with Gasteiger partial charge in [0, 0.05) is 0 Å². The van der Waals surface area contributed by atoms with Crippen molar-refractivity contribution in [2.24, 2.45) is 5.90 Å². The van der Waals surface area contributed by atoms with E-state index >= 15 is 0 Å². The Hall–Kier alpha value is -0.810. The molecule has 0 saturated heterocycles. The van der Waals surface area contributed by atoms with Gasteiger partial charge in [-0.1, -0.05) is 12.8 Å². The lowest BCUT2D eigenvalue weighted by Gasteiger charge is -2.30. The van der Waals surface area contributed by atoms with E-state index < -0.39 is 11.7 Å². The van der Waals surface area contributed by atoms with Crippen molar-refractivity contribution >= 4 is 6.09 Å². The first-order valence-electron chi connectivity index (χ1n) is 5.70. The number of nitrogens with two attached hydrogens (primary N) is 1. The lowest BCUT2D eigenvalue weighted by molar-refractivity contribution is 0.0294. The first kappa shape index (κ1) is 13.3. The van der Waals surface area contributed by atoms with Crippen molar-refractivity contribution in [2.75, 3.05) is 6.61 Å². The molecule has 16 heavy (non-hydrogen) atoms. The van der Waals surface area contributed by atoms with Crippen LogP contribution in [0.25, 0.3) is 0 Å². The molecule has 0 bridgehead atoms. The largest absolute Gasteiger partial charge is 0.444 e. The van der Waals surface area contributed by atoms with Crippen molar-refractivity contribution in [3.63, 3.8) is 0 Å². The monoisotopic (exact) mass is 230 g/mol. The van der Waals surface area contributed by atoms with Crippen molar-refractivity contribution in [1.29, 1.82) is 0 Å². The summed E-state index contributed by atoms with van der Waals surface area (Å²) in [6.45, 7) is 5.86. The predicted octanol–water partition coefficient (Wildman–Crippen LogP) is 1.71. The fourth-order valence-corrected chi connectivity index (χ4v) is 2.04. The Kier molecular flexibility index (Phi) is 4.15. The average Bonchev–Trinajstić information content (AvgIpc) is 2.49. The molecule has 1 saturated carbocycles. The van der Waals surface area contributed by atoms with Gasteiger partial charge in [-0.15, -0.1) is 0 Å². The summed E-state index contributed by atoms with van der Waals surface area (Å²) in [5.41, 5.74) is -0.815. The quantitative estimate of drug-likeness (QED) is 0.724. The van der Waals surface area contributed by atoms with E-state index in [9.17, 15) is 4.79 Å². The molecule has 94 valence electrons. The Morgan fingerprint density at radius 1 is 1.38 bits per heavy atom. The molecule has 1 aliphatic rings. The molecule has 0 aromatic rings. The summed E-state index contributed by atoms with van der Waals surface area (Å²) in [5, 5.41) is 2.88. The van der Waals surface area contributed by atoms with Crippen LogP contribution in [0.3, 0.4) is 0 Å². The molecule has 0 aromatic heterocycles. The molecule has 0 spiro atoms. The Morgan fingerprint density at radius 2 is 1.94 bits per heavy atom. The first-order valence-corrected chi connectivity index (χ1v) is 5.70. The second-order valence-corrected chi connectivity index (χ2v) is 5.43. The zero-order chi connectivity index (χ0) is 12.2. The number of rotatable bonds is 3. The van der Waals surface area contributed by atoms with Gasteiger partial charge < -0.3 is 14.9 Å². The summed E-state index contributed by atoms with van der Waals surface area (Å²) in [7, 11) is 0. The Labute approximate surface area is 96.6 Å². The number of hydrogen-bond acceptors (Lipinski definition) is 4. The van der Waals surface area contributed by atoms with Crippen LogP contribution in [0.5, 0.6) is 0 Å². The van der Waals surface area contributed by atoms with Crippen LogP contribution < -0.4 is 11.2 Å². The molecule has 3 N–H and O–H groups in total. The summed E-state index contributed by atoms with van der Waals surface area (Å²) >= 11 is 0. The van der Waals surface area contributed by atoms with Crippen LogP contribution in [0.15, 0.2) is 0 Å². The zero-order valence-corrected chi connectivity index (χ0v) is 10.3. The standard InChI is InChI=1S/C11H22N2O3/c1-10(2,3)16-9(14)13-11(8-15-12)6-4-5-7-11/h4-8,12H2,1-3H3,(H,13,14). The Morgan fingerprint density at radius 3 is 2.38 bits per heavy atom. The highest BCUT2D eigenvalue weighted by atomic mass is 16.6. The van der Waals surface area contributed by atoms with E-state index in [4.69, 9.17) is 10.6 Å². The number of hydrogen-bond donors (Lipinski definition) is 2. The van der Waals surface area contributed by atoms with Crippen LogP contribution in [0.1, 0.15) is 46.5 Å². The van der Waals surface area contributed by atoms with Crippen LogP contribution in [0.4, 0.5) is 4.79 Å². The normalized spacial score (nSPS) is 19.5. The van der Waals surface area contributed by atoms with Gasteiger partial charge in [-0.05, 0) is 33.6 Å². The molecule has 0 unspecified atom stereocenters. The van der Waals surface area contributed by atoms with E-state index in [1.807, 2.05) is 20.8 Å². The SMILES string of the molecule is CC(C)(C)OC(=O)NC1(CON)CCCC1. The van der Waals surface area contributed by atoms with Crippen molar-refractivity contribution in [2.45, 2.75) is 57.6 Å². The van der Waals surface area contributed by atoms with Crippen LogP contribution in [-0.4, -0.2) is 23.8 Å². The van der Waals surface area contributed by atoms with Crippen LogP contribution in [0.2, 0.25) is 0 Å². The summed E-state index contributed by atoms with van der Waals surface area (Å²) < 4.78 is 5.22. The Bertz CT molecular complexity index is 242. The molecular weight excluding hydrogens is 208 g/mol. The topological polar surface area (TPSA) is 73.6 Å². The van der Waals surface area contributed by atoms with E-state index in [-0.39, 0.29) is 5.54 Å². The van der Waals surface area contributed by atoms with Crippen LogP contribution >= 0.6 is 0 Å². The van der Waals surface area contributed by atoms with Gasteiger partial charge in [0.2, 0.25) is 0 Å². The number of ether oxygens (including phenoxy) is 1. The number of amides is 1. The lowest BCUT2D eigenvalue weighted by Crippen LogP contribution is -2.51. The average molecular weight is 230 g/mol. The van der Waals surface area contributed by atoms with Gasteiger partial charge >= 0.3 is 6.09 Å². The van der Waals surface area contributed by atoms with Gasteiger partial charge in [-0.2, -0.15) is 0 Å². The predicted molar refractivity (Wildman–Crippen MR) is 60.7 cm³/mol. The van der Waals surface area contributed by atoms with Crippen molar-refractivity contribution in [3.05, 3.63) is 0 Å². The molecule has 1 amide bonds.